The molecule has 0 saturated carbocycles. The van der Waals surface area contributed by atoms with Crippen molar-refractivity contribution in [2.45, 2.75) is 20.8 Å². The molecule has 13 heavy (non-hydrogen) atoms. The molecular formula is C12H21Cr. The largest absolute Gasteiger partial charge is 3.00 e. The predicted octanol–water partition coefficient (Wildman–Crippen LogP) is 4.19. The molecule has 0 aliphatic carbocycles. The first-order valence-corrected chi connectivity index (χ1v) is 3.96. The van der Waals surface area contributed by atoms with Crippen molar-refractivity contribution in [3.63, 3.8) is 0 Å². The van der Waals surface area contributed by atoms with E-state index in [1.807, 2.05) is 39.0 Å². The van der Waals surface area contributed by atoms with Crippen molar-refractivity contribution < 1.29 is 17.4 Å². The Kier molecular flexibility index (Phi) is 74.5. The first kappa shape index (κ1) is 22.8. The zero-order valence-electron chi connectivity index (χ0n) is 8.99. The summed E-state index contributed by atoms with van der Waals surface area (Å²) >= 11 is 0. The van der Waals surface area contributed by atoms with Gasteiger partial charge in [-0.15, -0.1) is 20.8 Å². The summed E-state index contributed by atoms with van der Waals surface area (Å²) in [6.45, 7) is 16.1. The van der Waals surface area contributed by atoms with Gasteiger partial charge in [0.2, 0.25) is 0 Å². The average molecular weight is 217 g/mol. The zero-order valence-corrected chi connectivity index (χ0v) is 10.3. The van der Waals surface area contributed by atoms with Crippen molar-refractivity contribution in [2.75, 3.05) is 0 Å². The van der Waals surface area contributed by atoms with Gasteiger partial charge in [-0.2, -0.15) is 0 Å². The van der Waals surface area contributed by atoms with Crippen LogP contribution < -0.4 is 0 Å². The Balaban J connectivity index is -0.0000000450. The van der Waals surface area contributed by atoms with E-state index in [0.29, 0.717) is 0 Å². The number of hydrogen-bond donors (Lipinski definition) is 0. The third-order valence-electron chi connectivity index (χ3n) is 0.707. The minimum absolute atomic E-state index is 0. The van der Waals surface area contributed by atoms with Crippen LogP contribution in [0.5, 0.6) is 0 Å². The summed E-state index contributed by atoms with van der Waals surface area (Å²) in [5.74, 6) is 0. The van der Waals surface area contributed by atoms with Crippen LogP contribution in [-0.4, -0.2) is 0 Å². The molecule has 0 amide bonds. The van der Waals surface area contributed by atoms with Crippen LogP contribution in [0.3, 0.4) is 0 Å². The quantitative estimate of drug-likeness (QED) is 0.534. The molecule has 0 atom stereocenters. The third-order valence-corrected chi connectivity index (χ3v) is 0.707. The topological polar surface area (TPSA) is 0 Å². The van der Waals surface area contributed by atoms with E-state index in [2.05, 4.69) is 20.8 Å². The van der Waals surface area contributed by atoms with Crippen molar-refractivity contribution in [1.29, 1.82) is 0 Å². The fourth-order valence-electron chi connectivity index (χ4n) is 0. The zero-order chi connectivity index (χ0) is 10.2. The molecule has 0 aromatic heterocycles. The van der Waals surface area contributed by atoms with Gasteiger partial charge in [0, 0.05) is 0 Å². The van der Waals surface area contributed by atoms with Crippen LogP contribution in [0.2, 0.25) is 0 Å². The molecule has 1 radical (unpaired) electrons. The van der Waals surface area contributed by atoms with Crippen molar-refractivity contribution in [3.05, 3.63) is 57.2 Å². The molecule has 0 aromatic rings. The molecule has 0 spiro atoms. The molecule has 0 unspecified atom stereocenters. The summed E-state index contributed by atoms with van der Waals surface area (Å²) in [5, 5.41) is 0. The molecule has 0 fully saturated rings. The Labute approximate surface area is 95.6 Å². The van der Waals surface area contributed by atoms with E-state index in [1.165, 1.54) is 0 Å². The van der Waals surface area contributed by atoms with Crippen molar-refractivity contribution in [1.82, 2.24) is 0 Å². The van der Waals surface area contributed by atoms with E-state index < -0.39 is 0 Å². The van der Waals surface area contributed by atoms with E-state index in [0.717, 1.165) is 0 Å². The van der Waals surface area contributed by atoms with Gasteiger partial charge < -0.3 is 0 Å². The fourth-order valence-corrected chi connectivity index (χ4v) is 0. The van der Waals surface area contributed by atoms with Gasteiger partial charge in [-0.05, 0) is 0 Å². The summed E-state index contributed by atoms with van der Waals surface area (Å²) in [7, 11) is 0. The van der Waals surface area contributed by atoms with Crippen molar-refractivity contribution >= 4 is 0 Å². The second-order valence-electron chi connectivity index (χ2n) is 1.71. The van der Waals surface area contributed by atoms with E-state index in [1.54, 1.807) is 18.2 Å². The number of rotatable bonds is 0. The molecular weight excluding hydrogens is 196 g/mol. The van der Waals surface area contributed by atoms with Gasteiger partial charge in [0.05, 0.1) is 0 Å². The monoisotopic (exact) mass is 217 g/mol. The van der Waals surface area contributed by atoms with Gasteiger partial charge in [0.25, 0.3) is 0 Å². The van der Waals surface area contributed by atoms with Crippen LogP contribution in [0.15, 0.2) is 36.5 Å². The van der Waals surface area contributed by atoms with Crippen LogP contribution in [0.25, 0.3) is 0 Å². The van der Waals surface area contributed by atoms with Crippen LogP contribution in [-0.2, 0) is 17.4 Å². The molecule has 0 nitrogen and oxygen atoms in total. The van der Waals surface area contributed by atoms with Gasteiger partial charge in [-0.1, -0.05) is 0 Å². The Bertz CT molecular complexity index is 74.5. The Morgan fingerprint density at radius 3 is 0.692 bits per heavy atom. The maximum atomic E-state index is 3.42. The Morgan fingerprint density at radius 2 is 0.692 bits per heavy atom. The second-order valence-corrected chi connectivity index (χ2v) is 1.71. The van der Waals surface area contributed by atoms with Crippen LogP contribution in [0.4, 0.5) is 0 Å². The summed E-state index contributed by atoms with van der Waals surface area (Å²) in [6.07, 6.45) is 10.9. The van der Waals surface area contributed by atoms with Gasteiger partial charge in [-0.25, -0.2) is 57.2 Å². The number of allylic oxidation sites excluding steroid dienone is 6. The summed E-state index contributed by atoms with van der Waals surface area (Å²) < 4.78 is 0. The van der Waals surface area contributed by atoms with Crippen molar-refractivity contribution in [2.24, 2.45) is 0 Å². The van der Waals surface area contributed by atoms with E-state index in [4.69, 9.17) is 0 Å². The van der Waals surface area contributed by atoms with Crippen LogP contribution in [0.1, 0.15) is 20.8 Å². The van der Waals surface area contributed by atoms with Crippen LogP contribution in [0, 0.1) is 20.8 Å². The first-order chi connectivity index (χ1) is 5.74. The minimum Gasteiger partial charge on any atom is -0.245 e. The predicted molar refractivity (Wildman–Crippen MR) is 60.5 cm³/mol. The summed E-state index contributed by atoms with van der Waals surface area (Å²) in [5.41, 5.74) is 0. The SMILES string of the molecule is [CH2-]/C=C/C.[CH2-]/C=C/C.[CH2-]/C=C/C.[Cr+3]. The molecule has 0 aliphatic rings. The molecule has 0 N–H and O–H groups in total. The van der Waals surface area contributed by atoms with Gasteiger partial charge in [0.15, 0.2) is 0 Å². The summed E-state index contributed by atoms with van der Waals surface area (Å²) in [6, 6.07) is 0. The number of hydrogen-bond acceptors (Lipinski definition) is 0. The van der Waals surface area contributed by atoms with Gasteiger partial charge in [0.1, 0.15) is 0 Å². The minimum atomic E-state index is 0. The van der Waals surface area contributed by atoms with Gasteiger partial charge in [-0.3, -0.25) is 0 Å². The normalized spacial score (nSPS) is 8.54. The second kappa shape index (κ2) is 42.4. The molecule has 0 aliphatic heterocycles. The average Bonchev–Trinajstić information content (AvgIpc) is 2.18. The fraction of sp³-hybridized carbons (Fsp3) is 0.250. The molecule has 1 heteroatoms. The molecule has 0 heterocycles. The summed E-state index contributed by atoms with van der Waals surface area (Å²) in [4.78, 5) is 0. The maximum absolute atomic E-state index is 3.42. The van der Waals surface area contributed by atoms with E-state index in [9.17, 15) is 0 Å². The molecule has 75 valence electrons. The Morgan fingerprint density at radius 1 is 0.615 bits per heavy atom. The third kappa shape index (κ3) is 178. The Hall–Kier alpha value is -0.638. The van der Waals surface area contributed by atoms with Gasteiger partial charge >= 0.3 is 17.4 Å². The first-order valence-electron chi connectivity index (χ1n) is 3.96. The molecule has 0 rings (SSSR count). The molecule has 0 bridgehead atoms. The van der Waals surface area contributed by atoms with E-state index in [-0.39, 0.29) is 17.4 Å². The smallest absolute Gasteiger partial charge is 0.245 e. The standard InChI is InChI=1S/3C4H7.Cr/c3*1-3-4-2;/h3*3-4H,1H2,2H3;/q3*-1;+3/b3*4-3+;. The molecule has 0 aromatic carbocycles. The van der Waals surface area contributed by atoms with Crippen molar-refractivity contribution in [3.8, 4) is 0 Å². The molecule has 0 saturated heterocycles. The van der Waals surface area contributed by atoms with E-state index >= 15 is 0 Å². The maximum Gasteiger partial charge on any atom is 3.00 e. The van der Waals surface area contributed by atoms with Crippen LogP contribution >= 0.6 is 0 Å².